The number of hydrogen-bond donors (Lipinski definition) is 0. The lowest BCUT2D eigenvalue weighted by molar-refractivity contribution is 0.403. The van der Waals surface area contributed by atoms with Crippen molar-refractivity contribution < 1.29 is 0 Å². The highest BCUT2D eigenvalue weighted by Crippen LogP contribution is 2.13. The molecule has 4 heteroatoms. The predicted molar refractivity (Wildman–Crippen MR) is 46.7 cm³/mol. The van der Waals surface area contributed by atoms with Gasteiger partial charge < -0.3 is 4.57 Å². The quantitative estimate of drug-likeness (QED) is 0.506. The molecule has 54 valence electrons. The minimum absolute atomic E-state index is 1.03. The van der Waals surface area contributed by atoms with E-state index >= 15 is 0 Å². The van der Waals surface area contributed by atoms with Gasteiger partial charge in [0.25, 0.3) is 0 Å². The Kier molecular flexibility index (Phi) is 1.65. The maximum atomic E-state index is 4.07. The van der Waals surface area contributed by atoms with Gasteiger partial charge in [-0.05, 0) is 0 Å². The highest BCUT2D eigenvalue weighted by Gasteiger charge is 2.12. The topological polar surface area (TPSA) is 21.1 Å². The van der Waals surface area contributed by atoms with Crippen LogP contribution in [0.15, 0.2) is 12.5 Å². The third-order valence-electron chi connectivity index (χ3n) is 1.72. The monoisotopic (exact) mass is 249 g/mol. The van der Waals surface area contributed by atoms with Gasteiger partial charge in [0.05, 0.1) is 18.6 Å². The molecule has 0 unspecified atom stereocenters. The largest absolute Gasteiger partial charge is 0.332 e. The van der Waals surface area contributed by atoms with E-state index in [4.69, 9.17) is 0 Å². The fraction of sp³-hybridized carbons (Fsp3) is 0.500. The van der Waals surface area contributed by atoms with Crippen molar-refractivity contribution in [2.45, 2.75) is 13.1 Å². The van der Waals surface area contributed by atoms with Crippen LogP contribution in [0, 0.1) is 0 Å². The molecule has 2 rings (SSSR count). The summed E-state index contributed by atoms with van der Waals surface area (Å²) in [6.07, 6.45) is 3.84. The summed E-state index contributed by atoms with van der Waals surface area (Å²) in [6.45, 7) is 3.24. The fourth-order valence-electron chi connectivity index (χ4n) is 1.15. The van der Waals surface area contributed by atoms with Crippen molar-refractivity contribution in [3.8, 4) is 0 Å². The van der Waals surface area contributed by atoms with Crippen molar-refractivity contribution in [2.75, 3.05) is 6.54 Å². The smallest absolute Gasteiger partial charge is 0.0949 e. The first-order valence-corrected chi connectivity index (χ1v) is 4.22. The molecule has 3 nitrogen and oxygen atoms in total. The summed E-state index contributed by atoms with van der Waals surface area (Å²) in [5.41, 5.74) is 1.32. The second kappa shape index (κ2) is 2.50. The van der Waals surface area contributed by atoms with Crippen molar-refractivity contribution in [3.05, 3.63) is 18.2 Å². The molecular formula is C6H8IN3. The maximum absolute atomic E-state index is 4.07. The average Bonchev–Trinajstić information content (AvgIpc) is 2.33. The lowest BCUT2D eigenvalue weighted by Gasteiger charge is -2.21. The summed E-state index contributed by atoms with van der Waals surface area (Å²) in [6, 6.07) is 0. The number of nitrogens with zero attached hydrogens (tertiary/aromatic N) is 3. The van der Waals surface area contributed by atoms with Gasteiger partial charge in [0.15, 0.2) is 0 Å². The predicted octanol–water partition coefficient (Wildman–Crippen LogP) is 1.05. The normalized spacial score (nSPS) is 18.9. The van der Waals surface area contributed by atoms with Gasteiger partial charge in [-0.1, -0.05) is 0 Å². The van der Waals surface area contributed by atoms with Crippen LogP contribution in [0.1, 0.15) is 5.69 Å². The lowest BCUT2D eigenvalue weighted by atomic mass is 10.4. The van der Waals surface area contributed by atoms with Crippen LogP contribution in [0.4, 0.5) is 0 Å². The third kappa shape index (κ3) is 1.05. The van der Waals surface area contributed by atoms with Gasteiger partial charge in [-0.2, -0.15) is 0 Å². The van der Waals surface area contributed by atoms with Gasteiger partial charge in [0, 0.05) is 42.2 Å². The lowest BCUT2D eigenvalue weighted by Crippen LogP contribution is -2.25. The molecule has 0 atom stereocenters. The van der Waals surface area contributed by atoms with E-state index in [2.05, 4.69) is 35.5 Å². The number of fused-ring (bicyclic) bond motifs is 1. The van der Waals surface area contributed by atoms with Crippen molar-refractivity contribution >= 4 is 22.9 Å². The molecule has 1 aromatic rings. The molecular weight excluding hydrogens is 241 g/mol. The zero-order valence-electron chi connectivity index (χ0n) is 5.50. The molecule has 0 spiro atoms. The first-order valence-electron chi connectivity index (χ1n) is 3.26. The molecule has 1 aliphatic heterocycles. The van der Waals surface area contributed by atoms with Crippen LogP contribution in [0.3, 0.4) is 0 Å². The maximum Gasteiger partial charge on any atom is 0.0949 e. The molecule has 0 saturated carbocycles. The van der Waals surface area contributed by atoms with Gasteiger partial charge in [-0.25, -0.2) is 8.10 Å². The van der Waals surface area contributed by atoms with Crippen molar-refractivity contribution in [1.82, 2.24) is 12.7 Å². The summed E-state index contributed by atoms with van der Waals surface area (Å²) in [5, 5.41) is 0. The number of hydrogen-bond acceptors (Lipinski definition) is 2. The van der Waals surface area contributed by atoms with E-state index in [1.807, 2.05) is 12.5 Å². The fourth-order valence-corrected chi connectivity index (χ4v) is 1.72. The molecule has 0 amide bonds. The Morgan fingerprint density at radius 3 is 3.30 bits per heavy atom. The van der Waals surface area contributed by atoms with Crippen molar-refractivity contribution in [2.24, 2.45) is 0 Å². The van der Waals surface area contributed by atoms with Crippen LogP contribution in [0.25, 0.3) is 0 Å². The zero-order chi connectivity index (χ0) is 6.97. The van der Waals surface area contributed by atoms with Crippen molar-refractivity contribution in [3.63, 3.8) is 0 Å². The van der Waals surface area contributed by atoms with E-state index in [1.165, 1.54) is 5.69 Å². The number of halogens is 1. The van der Waals surface area contributed by atoms with E-state index in [-0.39, 0.29) is 0 Å². The zero-order valence-corrected chi connectivity index (χ0v) is 7.65. The minimum Gasteiger partial charge on any atom is -0.332 e. The SMILES string of the molecule is IN1CCn2cncc2C1. The standard InChI is InChI=1S/C6H8IN3/c7-10-2-1-9-5-8-3-6(9)4-10/h3,5H,1-2,4H2. The van der Waals surface area contributed by atoms with Gasteiger partial charge >= 0.3 is 0 Å². The van der Waals surface area contributed by atoms with Gasteiger partial charge in [0.1, 0.15) is 0 Å². The number of imidazole rings is 1. The van der Waals surface area contributed by atoms with Gasteiger partial charge in [0.2, 0.25) is 0 Å². The van der Waals surface area contributed by atoms with E-state index in [0.717, 1.165) is 19.6 Å². The molecule has 0 saturated heterocycles. The Balaban J connectivity index is 2.30. The second-order valence-corrected chi connectivity index (χ2v) is 3.79. The molecule has 0 aromatic carbocycles. The highest BCUT2D eigenvalue weighted by molar-refractivity contribution is 14.1. The van der Waals surface area contributed by atoms with Crippen molar-refractivity contribution in [1.29, 1.82) is 0 Å². The highest BCUT2D eigenvalue weighted by atomic mass is 127. The Labute approximate surface area is 73.5 Å². The van der Waals surface area contributed by atoms with E-state index in [1.54, 1.807) is 0 Å². The molecule has 1 aromatic heterocycles. The second-order valence-electron chi connectivity index (χ2n) is 2.42. The Bertz CT molecular complexity index is 233. The summed E-state index contributed by atoms with van der Waals surface area (Å²) in [7, 11) is 0. The average molecular weight is 249 g/mol. The van der Waals surface area contributed by atoms with Gasteiger partial charge in [-0.15, -0.1) is 0 Å². The minimum atomic E-state index is 1.03. The molecule has 0 bridgehead atoms. The van der Waals surface area contributed by atoms with Crippen LogP contribution in [-0.2, 0) is 13.1 Å². The van der Waals surface area contributed by atoms with Crippen LogP contribution in [0.2, 0.25) is 0 Å². The molecule has 0 N–H and O–H groups in total. The Hall–Kier alpha value is -0.100. The molecule has 2 heterocycles. The van der Waals surface area contributed by atoms with E-state index in [0.29, 0.717) is 0 Å². The summed E-state index contributed by atoms with van der Waals surface area (Å²) in [5.74, 6) is 0. The Morgan fingerprint density at radius 2 is 2.40 bits per heavy atom. The third-order valence-corrected chi connectivity index (χ3v) is 2.54. The number of aromatic nitrogens is 2. The van der Waals surface area contributed by atoms with Crippen LogP contribution < -0.4 is 0 Å². The summed E-state index contributed by atoms with van der Waals surface area (Å²) < 4.78 is 4.48. The molecule has 0 aliphatic carbocycles. The van der Waals surface area contributed by atoms with Crippen LogP contribution in [-0.4, -0.2) is 19.2 Å². The van der Waals surface area contributed by atoms with E-state index < -0.39 is 0 Å². The molecule has 0 radical (unpaired) electrons. The summed E-state index contributed by atoms with van der Waals surface area (Å²) >= 11 is 2.34. The Morgan fingerprint density at radius 1 is 1.50 bits per heavy atom. The number of rotatable bonds is 0. The van der Waals surface area contributed by atoms with Gasteiger partial charge in [-0.3, -0.25) is 0 Å². The first-order chi connectivity index (χ1) is 4.86. The summed E-state index contributed by atoms with van der Waals surface area (Å²) in [4.78, 5) is 4.07. The molecule has 10 heavy (non-hydrogen) atoms. The molecule has 0 fully saturated rings. The van der Waals surface area contributed by atoms with Crippen LogP contribution >= 0.6 is 22.9 Å². The molecule has 1 aliphatic rings. The van der Waals surface area contributed by atoms with E-state index in [9.17, 15) is 0 Å². The first kappa shape index (κ1) is 6.60. The van der Waals surface area contributed by atoms with Crippen LogP contribution in [0.5, 0.6) is 0 Å².